The lowest BCUT2D eigenvalue weighted by molar-refractivity contribution is 0.114. The summed E-state index contributed by atoms with van der Waals surface area (Å²) < 4.78 is 60.4. The molecule has 27 heavy (non-hydrogen) atoms. The van der Waals surface area contributed by atoms with Gasteiger partial charge in [0, 0.05) is 25.2 Å². The third-order valence-electron chi connectivity index (χ3n) is 5.35. The van der Waals surface area contributed by atoms with Crippen molar-refractivity contribution >= 4 is 20.0 Å². The zero-order chi connectivity index (χ0) is 19.7. The molecule has 2 saturated heterocycles. The van der Waals surface area contributed by atoms with E-state index in [1.165, 1.54) is 24.3 Å². The normalized spacial score (nSPS) is 27.7. The Morgan fingerprint density at radius 3 is 2.11 bits per heavy atom. The van der Waals surface area contributed by atoms with E-state index in [0.717, 1.165) is 32.1 Å². The van der Waals surface area contributed by atoms with Crippen molar-refractivity contribution in [3.8, 4) is 0 Å². The summed E-state index contributed by atoms with van der Waals surface area (Å²) in [5, 5.41) is 0. The van der Waals surface area contributed by atoms with Gasteiger partial charge in [0.05, 0.1) is 15.9 Å². The van der Waals surface area contributed by atoms with Gasteiger partial charge in [-0.25, -0.2) is 21.6 Å². The van der Waals surface area contributed by atoms with Gasteiger partial charge in [0.1, 0.15) is 0 Å². The quantitative estimate of drug-likeness (QED) is 0.767. The van der Waals surface area contributed by atoms with Gasteiger partial charge in [-0.2, -0.15) is 4.31 Å². The highest BCUT2D eigenvalue weighted by atomic mass is 32.2. The summed E-state index contributed by atoms with van der Waals surface area (Å²) in [5.41, 5.74) is 0. The van der Waals surface area contributed by atoms with Crippen LogP contribution in [0.15, 0.2) is 34.1 Å². The van der Waals surface area contributed by atoms with Crippen LogP contribution < -0.4 is 4.72 Å². The molecule has 1 aromatic rings. The van der Waals surface area contributed by atoms with Crippen LogP contribution in [0.2, 0.25) is 0 Å². The molecule has 1 N–H and O–H groups in total. The van der Waals surface area contributed by atoms with Crippen molar-refractivity contribution in [3.05, 3.63) is 24.3 Å². The van der Waals surface area contributed by atoms with Crippen LogP contribution in [-0.2, 0) is 24.8 Å². The first-order valence-electron chi connectivity index (χ1n) is 9.47. The maximum absolute atomic E-state index is 13.0. The Morgan fingerprint density at radius 1 is 0.963 bits per heavy atom. The summed E-state index contributed by atoms with van der Waals surface area (Å²) in [7, 11) is -7.34. The zero-order valence-corrected chi connectivity index (χ0v) is 17.4. The number of rotatable bonds is 6. The Hall–Kier alpha value is -1.00. The molecule has 0 bridgehead atoms. The van der Waals surface area contributed by atoms with Crippen LogP contribution >= 0.6 is 0 Å². The van der Waals surface area contributed by atoms with Gasteiger partial charge in [-0.05, 0) is 63.8 Å². The number of hydrogen-bond donors (Lipinski definition) is 1. The van der Waals surface area contributed by atoms with E-state index < -0.39 is 20.0 Å². The van der Waals surface area contributed by atoms with Crippen LogP contribution in [0.4, 0.5) is 0 Å². The van der Waals surface area contributed by atoms with Crippen molar-refractivity contribution in [1.29, 1.82) is 0 Å². The lowest BCUT2D eigenvalue weighted by Crippen LogP contribution is -2.47. The van der Waals surface area contributed by atoms with Crippen LogP contribution in [0.5, 0.6) is 0 Å². The minimum atomic E-state index is -3.69. The van der Waals surface area contributed by atoms with E-state index in [0.29, 0.717) is 6.61 Å². The van der Waals surface area contributed by atoms with Crippen molar-refractivity contribution in [2.75, 3.05) is 13.2 Å². The van der Waals surface area contributed by atoms with Gasteiger partial charge in [-0.1, -0.05) is 6.42 Å². The number of sulfonamides is 2. The van der Waals surface area contributed by atoms with Crippen molar-refractivity contribution in [3.63, 3.8) is 0 Å². The fourth-order valence-corrected chi connectivity index (χ4v) is 6.82. The molecule has 0 aromatic heterocycles. The highest BCUT2D eigenvalue weighted by Gasteiger charge is 2.35. The van der Waals surface area contributed by atoms with E-state index in [2.05, 4.69) is 4.72 Å². The Bertz CT molecular complexity index is 836. The van der Waals surface area contributed by atoms with Crippen LogP contribution in [0, 0.1) is 0 Å². The Labute approximate surface area is 162 Å². The van der Waals surface area contributed by atoms with Crippen molar-refractivity contribution in [2.24, 2.45) is 0 Å². The minimum absolute atomic E-state index is 0.0548. The molecule has 0 amide bonds. The Balaban J connectivity index is 1.75. The third-order valence-corrected chi connectivity index (χ3v) is 8.93. The van der Waals surface area contributed by atoms with E-state index >= 15 is 0 Å². The molecule has 2 fully saturated rings. The lowest BCUT2D eigenvalue weighted by atomic mass is 10.0. The molecule has 0 radical (unpaired) electrons. The lowest BCUT2D eigenvalue weighted by Gasteiger charge is -2.37. The molecule has 7 nitrogen and oxygen atoms in total. The van der Waals surface area contributed by atoms with Gasteiger partial charge in [0.25, 0.3) is 0 Å². The highest BCUT2D eigenvalue weighted by molar-refractivity contribution is 7.89. The number of piperidine rings is 1. The van der Waals surface area contributed by atoms with E-state index in [1.54, 1.807) is 4.31 Å². The predicted molar refractivity (Wildman–Crippen MR) is 102 cm³/mol. The zero-order valence-electron chi connectivity index (χ0n) is 15.8. The van der Waals surface area contributed by atoms with E-state index in [1.807, 2.05) is 13.8 Å². The van der Waals surface area contributed by atoms with Crippen LogP contribution in [0.3, 0.4) is 0 Å². The summed E-state index contributed by atoms with van der Waals surface area (Å²) in [6.45, 7) is 4.72. The maximum Gasteiger partial charge on any atom is 0.243 e. The molecule has 0 aliphatic carbocycles. The van der Waals surface area contributed by atoms with Gasteiger partial charge in [0.15, 0.2) is 0 Å². The maximum atomic E-state index is 13.0. The molecule has 3 unspecified atom stereocenters. The molecular formula is C18H28N2O5S2. The number of nitrogens with zero attached hydrogens (tertiary/aromatic N) is 1. The summed E-state index contributed by atoms with van der Waals surface area (Å²) in [4.78, 5) is 0.181. The number of ether oxygens (including phenoxy) is 1. The molecule has 152 valence electrons. The van der Waals surface area contributed by atoms with Crippen LogP contribution in [0.1, 0.15) is 46.0 Å². The summed E-state index contributed by atoms with van der Waals surface area (Å²) >= 11 is 0. The van der Waals surface area contributed by atoms with Crippen LogP contribution in [0.25, 0.3) is 0 Å². The second-order valence-electron chi connectivity index (χ2n) is 7.42. The second-order valence-corrected chi connectivity index (χ2v) is 11.0. The summed E-state index contributed by atoms with van der Waals surface area (Å²) in [6.07, 6.45) is 4.37. The van der Waals surface area contributed by atoms with Crippen molar-refractivity contribution in [1.82, 2.24) is 9.03 Å². The van der Waals surface area contributed by atoms with Crippen molar-refractivity contribution in [2.45, 2.75) is 73.9 Å². The SMILES string of the molecule is CC1CCCC(C)N1S(=O)(=O)c1ccc(S(=O)(=O)NCC2CCCO2)cc1. The minimum Gasteiger partial charge on any atom is -0.377 e. The summed E-state index contributed by atoms with van der Waals surface area (Å²) in [5.74, 6) is 0. The Morgan fingerprint density at radius 2 is 1.56 bits per heavy atom. The molecule has 3 atom stereocenters. The average Bonchev–Trinajstić information content (AvgIpc) is 3.13. The monoisotopic (exact) mass is 416 g/mol. The smallest absolute Gasteiger partial charge is 0.243 e. The molecule has 2 aliphatic heterocycles. The number of benzene rings is 1. The first-order chi connectivity index (χ1) is 12.7. The van der Waals surface area contributed by atoms with Gasteiger partial charge >= 0.3 is 0 Å². The standard InChI is InChI=1S/C18H28N2O5S2/c1-14-5-3-6-15(2)20(14)27(23,24)18-10-8-17(9-11-18)26(21,22)19-13-16-7-4-12-25-16/h8-11,14-16,19H,3-7,12-13H2,1-2H3. The third kappa shape index (κ3) is 4.54. The fraction of sp³-hybridized carbons (Fsp3) is 0.667. The fourth-order valence-electron chi connectivity index (χ4n) is 3.88. The first kappa shape index (κ1) is 20.7. The number of hydrogen-bond acceptors (Lipinski definition) is 5. The van der Waals surface area contributed by atoms with Gasteiger partial charge in [-0.15, -0.1) is 0 Å². The molecule has 3 rings (SSSR count). The van der Waals surface area contributed by atoms with E-state index in [-0.39, 0.29) is 34.5 Å². The molecule has 2 aliphatic rings. The second kappa shape index (κ2) is 8.16. The van der Waals surface area contributed by atoms with E-state index in [4.69, 9.17) is 4.74 Å². The topological polar surface area (TPSA) is 92.8 Å². The molecule has 0 spiro atoms. The van der Waals surface area contributed by atoms with Crippen molar-refractivity contribution < 1.29 is 21.6 Å². The molecule has 9 heteroatoms. The largest absolute Gasteiger partial charge is 0.377 e. The average molecular weight is 417 g/mol. The van der Waals surface area contributed by atoms with Crippen LogP contribution in [-0.4, -0.2) is 52.5 Å². The molecule has 1 aromatic carbocycles. The molecule has 2 heterocycles. The first-order valence-corrected chi connectivity index (χ1v) is 12.4. The van der Waals surface area contributed by atoms with Gasteiger partial charge in [0.2, 0.25) is 20.0 Å². The highest BCUT2D eigenvalue weighted by Crippen LogP contribution is 2.29. The number of nitrogens with one attached hydrogen (secondary N) is 1. The van der Waals surface area contributed by atoms with E-state index in [9.17, 15) is 16.8 Å². The predicted octanol–water partition coefficient (Wildman–Crippen LogP) is 2.10. The van der Waals surface area contributed by atoms with Gasteiger partial charge < -0.3 is 4.74 Å². The molecular weight excluding hydrogens is 388 g/mol. The Kier molecular flexibility index (Phi) is 6.27. The summed E-state index contributed by atoms with van der Waals surface area (Å²) in [6, 6.07) is 5.34. The van der Waals surface area contributed by atoms with Gasteiger partial charge in [-0.3, -0.25) is 0 Å². The molecule has 0 saturated carbocycles.